The van der Waals surface area contributed by atoms with Crippen LogP contribution in [-0.2, 0) is 11.3 Å². The van der Waals surface area contributed by atoms with Gasteiger partial charge in [0.1, 0.15) is 0 Å². The minimum absolute atomic E-state index is 0.0472. The van der Waals surface area contributed by atoms with Crippen molar-refractivity contribution in [3.05, 3.63) is 71.3 Å². The second-order valence-electron chi connectivity index (χ2n) is 4.29. The van der Waals surface area contributed by atoms with Gasteiger partial charge in [0, 0.05) is 5.56 Å². The maximum atomic E-state index is 12.2. The molecule has 0 radical (unpaired) electrons. The number of alkyl halides is 1. The lowest BCUT2D eigenvalue weighted by Crippen LogP contribution is -2.18. The van der Waals surface area contributed by atoms with E-state index in [2.05, 4.69) is 15.9 Å². The van der Waals surface area contributed by atoms with E-state index in [1.807, 2.05) is 61.5 Å². The van der Waals surface area contributed by atoms with E-state index in [4.69, 9.17) is 4.74 Å². The number of hydrogen-bond donors (Lipinski definition) is 0. The first-order valence-corrected chi connectivity index (χ1v) is 6.99. The average molecular weight is 319 g/mol. The Hall–Kier alpha value is -1.45. The van der Waals surface area contributed by atoms with E-state index in [0.717, 1.165) is 11.1 Å². The molecule has 2 rings (SSSR count). The lowest BCUT2D eigenvalue weighted by Gasteiger charge is -2.12. The molecule has 0 bridgehead atoms. The van der Waals surface area contributed by atoms with Crippen LogP contribution in [0.15, 0.2) is 54.6 Å². The Bertz CT molecular complexity index is 552. The SMILES string of the molecule is Cc1ccccc1C(=O)C(Br)OCc1ccccc1. The summed E-state index contributed by atoms with van der Waals surface area (Å²) in [5.41, 5.74) is 2.70. The van der Waals surface area contributed by atoms with E-state index in [-0.39, 0.29) is 5.78 Å². The second kappa shape index (κ2) is 6.64. The molecule has 0 spiro atoms. The summed E-state index contributed by atoms with van der Waals surface area (Å²) in [5, 5.41) is -0.617. The number of Topliss-reactive ketones (excluding diaryl/α,β-unsaturated/α-hetero) is 1. The van der Waals surface area contributed by atoms with Gasteiger partial charge in [0.05, 0.1) is 6.61 Å². The Morgan fingerprint density at radius 1 is 1.11 bits per heavy atom. The number of aryl methyl sites for hydroxylation is 1. The van der Waals surface area contributed by atoms with Crippen molar-refractivity contribution in [2.45, 2.75) is 18.5 Å². The van der Waals surface area contributed by atoms with Gasteiger partial charge in [0.25, 0.3) is 0 Å². The van der Waals surface area contributed by atoms with Crippen molar-refractivity contribution in [3.63, 3.8) is 0 Å². The predicted octanol–water partition coefficient (Wildman–Crippen LogP) is 4.12. The molecule has 0 saturated heterocycles. The Morgan fingerprint density at radius 2 is 1.74 bits per heavy atom. The van der Waals surface area contributed by atoms with Crippen molar-refractivity contribution in [2.24, 2.45) is 0 Å². The first kappa shape index (κ1) is 14.0. The lowest BCUT2D eigenvalue weighted by atomic mass is 10.1. The lowest BCUT2D eigenvalue weighted by molar-refractivity contribution is 0.0652. The van der Waals surface area contributed by atoms with E-state index in [9.17, 15) is 4.79 Å². The molecule has 0 aliphatic carbocycles. The third kappa shape index (κ3) is 3.75. The molecule has 0 aliphatic heterocycles. The fourth-order valence-corrected chi connectivity index (χ4v) is 2.17. The fraction of sp³-hybridized carbons (Fsp3) is 0.188. The monoisotopic (exact) mass is 318 g/mol. The predicted molar refractivity (Wildman–Crippen MR) is 79.5 cm³/mol. The van der Waals surface area contributed by atoms with Crippen molar-refractivity contribution in [1.29, 1.82) is 0 Å². The summed E-state index contributed by atoms with van der Waals surface area (Å²) in [7, 11) is 0. The highest BCUT2D eigenvalue weighted by Gasteiger charge is 2.18. The van der Waals surface area contributed by atoms with Crippen molar-refractivity contribution < 1.29 is 9.53 Å². The molecule has 0 N–H and O–H groups in total. The molecule has 0 saturated carbocycles. The zero-order valence-corrected chi connectivity index (χ0v) is 12.3. The highest BCUT2D eigenvalue weighted by atomic mass is 79.9. The third-order valence-corrected chi connectivity index (χ3v) is 3.54. The maximum Gasteiger partial charge on any atom is 0.202 e. The van der Waals surface area contributed by atoms with Gasteiger partial charge in [-0.05, 0) is 34.0 Å². The molecule has 0 aromatic heterocycles. The first-order chi connectivity index (χ1) is 9.18. The largest absolute Gasteiger partial charge is 0.354 e. The molecule has 2 nitrogen and oxygen atoms in total. The molecule has 1 atom stereocenters. The van der Waals surface area contributed by atoms with Crippen molar-refractivity contribution in [1.82, 2.24) is 0 Å². The Balaban J connectivity index is 1.99. The third-order valence-electron chi connectivity index (χ3n) is 2.86. The fourth-order valence-electron chi connectivity index (χ4n) is 1.79. The zero-order chi connectivity index (χ0) is 13.7. The van der Waals surface area contributed by atoms with Crippen molar-refractivity contribution >= 4 is 21.7 Å². The Labute approximate surface area is 121 Å². The van der Waals surface area contributed by atoms with Crippen molar-refractivity contribution in [2.75, 3.05) is 0 Å². The van der Waals surface area contributed by atoms with Crippen LogP contribution in [0, 0.1) is 6.92 Å². The van der Waals surface area contributed by atoms with Gasteiger partial charge in [-0.1, -0.05) is 54.6 Å². The minimum Gasteiger partial charge on any atom is -0.354 e. The van der Waals surface area contributed by atoms with Crippen LogP contribution in [0.4, 0.5) is 0 Å². The number of carbonyl (C=O) groups excluding carboxylic acids is 1. The smallest absolute Gasteiger partial charge is 0.202 e. The number of benzene rings is 2. The van der Waals surface area contributed by atoms with E-state index >= 15 is 0 Å². The molecule has 2 aromatic rings. The average Bonchev–Trinajstić information content (AvgIpc) is 2.45. The van der Waals surface area contributed by atoms with Crippen LogP contribution in [0.2, 0.25) is 0 Å². The van der Waals surface area contributed by atoms with E-state index < -0.39 is 5.01 Å². The zero-order valence-electron chi connectivity index (χ0n) is 10.7. The number of rotatable bonds is 5. The van der Waals surface area contributed by atoms with Crippen LogP contribution < -0.4 is 0 Å². The summed E-state index contributed by atoms with van der Waals surface area (Å²) >= 11 is 3.30. The first-order valence-electron chi connectivity index (χ1n) is 6.08. The summed E-state index contributed by atoms with van der Waals surface area (Å²) in [5.74, 6) is -0.0472. The summed E-state index contributed by atoms with van der Waals surface area (Å²) < 4.78 is 5.57. The van der Waals surface area contributed by atoms with Crippen LogP contribution >= 0.6 is 15.9 Å². The van der Waals surface area contributed by atoms with E-state index in [0.29, 0.717) is 12.2 Å². The van der Waals surface area contributed by atoms with Crippen molar-refractivity contribution in [3.8, 4) is 0 Å². The molecule has 1 unspecified atom stereocenters. The molecule has 2 aromatic carbocycles. The molecule has 0 amide bonds. The van der Waals surface area contributed by atoms with Crippen LogP contribution in [0.3, 0.4) is 0 Å². The minimum atomic E-state index is -0.617. The second-order valence-corrected chi connectivity index (χ2v) is 5.12. The molecule has 98 valence electrons. The molecule has 3 heteroatoms. The molecular weight excluding hydrogens is 304 g/mol. The number of halogens is 1. The molecule has 19 heavy (non-hydrogen) atoms. The number of ketones is 1. The Kier molecular flexibility index (Phi) is 4.88. The van der Waals surface area contributed by atoms with Gasteiger partial charge < -0.3 is 4.74 Å². The van der Waals surface area contributed by atoms with Gasteiger partial charge >= 0.3 is 0 Å². The number of ether oxygens (including phenoxy) is 1. The maximum absolute atomic E-state index is 12.2. The van der Waals surface area contributed by atoms with Crippen LogP contribution in [-0.4, -0.2) is 10.8 Å². The van der Waals surface area contributed by atoms with Gasteiger partial charge in [0.2, 0.25) is 5.78 Å². The topological polar surface area (TPSA) is 26.3 Å². The summed E-state index contributed by atoms with van der Waals surface area (Å²) in [6.07, 6.45) is 0. The summed E-state index contributed by atoms with van der Waals surface area (Å²) in [6.45, 7) is 2.33. The number of hydrogen-bond acceptors (Lipinski definition) is 2. The summed E-state index contributed by atoms with van der Waals surface area (Å²) in [4.78, 5) is 12.2. The normalized spacial score (nSPS) is 12.1. The van der Waals surface area contributed by atoms with Gasteiger partial charge in [-0.15, -0.1) is 0 Å². The highest BCUT2D eigenvalue weighted by molar-refractivity contribution is 9.09. The molecule has 0 heterocycles. The molecular formula is C16H15BrO2. The number of carbonyl (C=O) groups is 1. The summed E-state index contributed by atoms with van der Waals surface area (Å²) in [6, 6.07) is 17.3. The van der Waals surface area contributed by atoms with Crippen LogP contribution in [0.5, 0.6) is 0 Å². The quantitative estimate of drug-likeness (QED) is 0.612. The highest BCUT2D eigenvalue weighted by Crippen LogP contribution is 2.16. The van der Waals surface area contributed by atoms with Gasteiger partial charge in [0.15, 0.2) is 5.01 Å². The molecule has 0 aliphatic rings. The molecule has 0 fully saturated rings. The van der Waals surface area contributed by atoms with Crippen LogP contribution in [0.1, 0.15) is 21.5 Å². The van der Waals surface area contributed by atoms with E-state index in [1.54, 1.807) is 0 Å². The van der Waals surface area contributed by atoms with Crippen LogP contribution in [0.25, 0.3) is 0 Å². The van der Waals surface area contributed by atoms with Gasteiger partial charge in [-0.25, -0.2) is 0 Å². The standard InChI is InChI=1S/C16H15BrO2/c1-12-7-5-6-10-14(12)15(18)16(17)19-11-13-8-3-2-4-9-13/h2-10,16H,11H2,1H3. The van der Waals surface area contributed by atoms with Gasteiger partial charge in [-0.2, -0.15) is 0 Å². The Morgan fingerprint density at radius 3 is 2.42 bits per heavy atom. The van der Waals surface area contributed by atoms with E-state index in [1.165, 1.54) is 0 Å². The van der Waals surface area contributed by atoms with Gasteiger partial charge in [-0.3, -0.25) is 4.79 Å².